The van der Waals surface area contributed by atoms with Crippen LogP contribution in [0.5, 0.6) is 0 Å². The molecule has 0 saturated heterocycles. The molecule has 0 radical (unpaired) electrons. The van der Waals surface area contributed by atoms with Crippen LogP contribution in [0, 0.1) is 0 Å². The summed E-state index contributed by atoms with van der Waals surface area (Å²) in [5.74, 6) is 0.305. The Morgan fingerprint density at radius 2 is 2.44 bits per heavy atom. The first-order valence-corrected chi connectivity index (χ1v) is 6.19. The lowest BCUT2D eigenvalue weighted by molar-refractivity contribution is 0.174. The molecular formula is C12H19N3O3. The second-order valence-electron chi connectivity index (χ2n) is 4.52. The molecule has 100 valence electrons. The molecule has 1 aromatic rings. The van der Waals surface area contributed by atoms with E-state index >= 15 is 0 Å². The number of aliphatic hydroxyl groups is 1. The van der Waals surface area contributed by atoms with Crippen molar-refractivity contribution in [3.05, 3.63) is 22.7 Å². The summed E-state index contributed by atoms with van der Waals surface area (Å²) < 4.78 is 6.67. The first-order valence-electron chi connectivity index (χ1n) is 6.19. The van der Waals surface area contributed by atoms with Gasteiger partial charge in [0.05, 0.1) is 12.6 Å². The number of hydrogen-bond donors (Lipinski definition) is 2. The van der Waals surface area contributed by atoms with Crippen LogP contribution in [-0.4, -0.2) is 41.0 Å². The lowest BCUT2D eigenvalue weighted by Crippen LogP contribution is -2.31. The average molecular weight is 253 g/mol. The summed E-state index contributed by atoms with van der Waals surface area (Å²) in [5.41, 5.74) is -0.115. The Hall–Kier alpha value is -1.40. The minimum Gasteiger partial charge on any atom is -0.394 e. The fourth-order valence-corrected chi connectivity index (χ4v) is 1.83. The summed E-state index contributed by atoms with van der Waals surface area (Å²) in [6, 6.07) is 0.118. The third-order valence-electron chi connectivity index (χ3n) is 3.04. The number of rotatable bonds is 7. The van der Waals surface area contributed by atoms with E-state index in [1.165, 1.54) is 0 Å². The zero-order valence-electron chi connectivity index (χ0n) is 10.5. The van der Waals surface area contributed by atoms with Gasteiger partial charge in [-0.15, -0.1) is 0 Å². The second-order valence-corrected chi connectivity index (χ2v) is 4.52. The molecule has 0 aliphatic heterocycles. The fraction of sp³-hybridized carbons (Fsp3) is 0.667. The number of ether oxygens (including phenoxy) is 1. The van der Waals surface area contributed by atoms with Crippen LogP contribution in [-0.2, 0) is 4.74 Å². The van der Waals surface area contributed by atoms with Gasteiger partial charge < -0.3 is 19.7 Å². The highest BCUT2D eigenvalue weighted by atomic mass is 16.5. The van der Waals surface area contributed by atoms with E-state index in [9.17, 15) is 9.90 Å². The Morgan fingerprint density at radius 3 is 3.06 bits per heavy atom. The van der Waals surface area contributed by atoms with Gasteiger partial charge in [-0.05, 0) is 19.3 Å². The summed E-state index contributed by atoms with van der Waals surface area (Å²) >= 11 is 0. The molecule has 1 fully saturated rings. The summed E-state index contributed by atoms with van der Waals surface area (Å²) in [4.78, 5) is 16.1. The van der Waals surface area contributed by atoms with Gasteiger partial charge in [0.15, 0.2) is 5.82 Å². The number of aromatic nitrogens is 2. The van der Waals surface area contributed by atoms with Crippen molar-refractivity contribution >= 4 is 5.82 Å². The molecule has 1 aromatic heterocycles. The van der Waals surface area contributed by atoms with Crippen LogP contribution >= 0.6 is 0 Å². The van der Waals surface area contributed by atoms with Gasteiger partial charge >= 0.3 is 0 Å². The predicted octanol–water partition coefficient (Wildman–Crippen LogP) is 0.387. The van der Waals surface area contributed by atoms with E-state index in [-0.39, 0.29) is 18.2 Å². The van der Waals surface area contributed by atoms with Crippen LogP contribution in [0.4, 0.5) is 5.82 Å². The number of methoxy groups -OCH3 is 1. The fourth-order valence-electron chi connectivity index (χ4n) is 1.83. The first kappa shape index (κ1) is 13.0. The molecule has 1 heterocycles. The van der Waals surface area contributed by atoms with Crippen molar-refractivity contribution in [3.63, 3.8) is 0 Å². The smallest absolute Gasteiger partial charge is 0.293 e. The summed E-state index contributed by atoms with van der Waals surface area (Å²) in [6.07, 6.45) is 6.07. The summed E-state index contributed by atoms with van der Waals surface area (Å²) in [7, 11) is 1.61. The molecule has 0 amide bonds. The molecule has 1 aliphatic carbocycles. The molecule has 2 N–H and O–H groups in total. The lowest BCUT2D eigenvalue weighted by atomic mass is 10.2. The van der Waals surface area contributed by atoms with E-state index in [2.05, 4.69) is 10.3 Å². The van der Waals surface area contributed by atoms with Gasteiger partial charge in [0.1, 0.15) is 0 Å². The standard InChI is InChI=1S/C12H19N3O3/c1-18-7-4-9(8-16)14-11-12(17)15(6-5-13-11)10-2-3-10/h5-6,9-10,16H,2-4,7-8H2,1H3,(H,13,14). The highest BCUT2D eigenvalue weighted by molar-refractivity contribution is 5.32. The Labute approximate surface area is 106 Å². The molecule has 1 aliphatic rings. The van der Waals surface area contributed by atoms with Crippen molar-refractivity contribution in [1.29, 1.82) is 0 Å². The van der Waals surface area contributed by atoms with Gasteiger partial charge in [0.2, 0.25) is 0 Å². The molecule has 0 bridgehead atoms. The number of nitrogens with zero attached hydrogens (tertiary/aromatic N) is 2. The maximum Gasteiger partial charge on any atom is 0.293 e. The van der Waals surface area contributed by atoms with Crippen LogP contribution in [0.15, 0.2) is 17.2 Å². The summed E-state index contributed by atoms with van der Waals surface area (Å²) in [6.45, 7) is 0.477. The topological polar surface area (TPSA) is 76.4 Å². The van der Waals surface area contributed by atoms with Crippen LogP contribution in [0.3, 0.4) is 0 Å². The number of hydrogen-bond acceptors (Lipinski definition) is 5. The van der Waals surface area contributed by atoms with Crippen molar-refractivity contribution in [1.82, 2.24) is 9.55 Å². The highest BCUT2D eigenvalue weighted by Crippen LogP contribution is 2.33. The Kier molecular flexibility index (Phi) is 4.33. The predicted molar refractivity (Wildman–Crippen MR) is 67.8 cm³/mol. The van der Waals surface area contributed by atoms with Crippen LogP contribution in [0.25, 0.3) is 0 Å². The van der Waals surface area contributed by atoms with Gasteiger partial charge in [0.25, 0.3) is 5.56 Å². The van der Waals surface area contributed by atoms with Gasteiger partial charge in [-0.3, -0.25) is 4.79 Å². The van der Waals surface area contributed by atoms with Crippen molar-refractivity contribution in [2.45, 2.75) is 31.3 Å². The minimum absolute atomic E-state index is 0.0528. The zero-order valence-corrected chi connectivity index (χ0v) is 10.5. The zero-order chi connectivity index (χ0) is 13.0. The molecule has 1 atom stereocenters. The SMILES string of the molecule is COCCC(CO)Nc1nccn(C2CC2)c1=O. The Bertz CT molecular complexity index is 442. The maximum atomic E-state index is 12.1. The number of anilines is 1. The third kappa shape index (κ3) is 3.08. The van der Waals surface area contributed by atoms with Crippen molar-refractivity contribution in [2.24, 2.45) is 0 Å². The summed E-state index contributed by atoms with van der Waals surface area (Å²) in [5, 5.41) is 12.2. The van der Waals surface area contributed by atoms with E-state index in [1.807, 2.05) is 0 Å². The van der Waals surface area contributed by atoms with Crippen LogP contribution in [0.2, 0.25) is 0 Å². The molecule has 6 heteroatoms. The highest BCUT2D eigenvalue weighted by Gasteiger charge is 2.25. The van der Waals surface area contributed by atoms with Crippen molar-refractivity contribution in [3.8, 4) is 0 Å². The van der Waals surface area contributed by atoms with E-state index in [1.54, 1.807) is 24.1 Å². The molecule has 1 saturated carbocycles. The third-order valence-corrected chi connectivity index (χ3v) is 3.04. The molecule has 18 heavy (non-hydrogen) atoms. The van der Waals surface area contributed by atoms with E-state index in [4.69, 9.17) is 4.74 Å². The number of aliphatic hydroxyl groups excluding tert-OH is 1. The maximum absolute atomic E-state index is 12.1. The van der Waals surface area contributed by atoms with Crippen molar-refractivity contribution < 1.29 is 9.84 Å². The lowest BCUT2D eigenvalue weighted by Gasteiger charge is -2.16. The van der Waals surface area contributed by atoms with Crippen LogP contribution < -0.4 is 10.9 Å². The van der Waals surface area contributed by atoms with Gasteiger partial charge in [-0.25, -0.2) is 4.98 Å². The molecule has 0 aromatic carbocycles. The second kappa shape index (κ2) is 5.97. The Morgan fingerprint density at radius 1 is 1.67 bits per heavy atom. The molecule has 1 unspecified atom stereocenters. The van der Waals surface area contributed by atoms with Gasteiger partial charge in [-0.1, -0.05) is 0 Å². The normalized spacial score (nSPS) is 16.6. The first-order chi connectivity index (χ1) is 8.76. The van der Waals surface area contributed by atoms with E-state index < -0.39 is 0 Å². The molecule has 6 nitrogen and oxygen atoms in total. The van der Waals surface area contributed by atoms with E-state index in [0.29, 0.717) is 24.9 Å². The Balaban J connectivity index is 2.07. The van der Waals surface area contributed by atoms with Gasteiger partial charge in [-0.2, -0.15) is 0 Å². The van der Waals surface area contributed by atoms with Gasteiger partial charge in [0, 0.05) is 32.2 Å². The quantitative estimate of drug-likeness (QED) is 0.735. The minimum atomic E-state index is -0.208. The molecular weight excluding hydrogens is 234 g/mol. The van der Waals surface area contributed by atoms with Crippen molar-refractivity contribution in [2.75, 3.05) is 25.6 Å². The number of nitrogens with one attached hydrogen (secondary N) is 1. The molecule has 2 rings (SSSR count). The van der Waals surface area contributed by atoms with E-state index in [0.717, 1.165) is 12.8 Å². The largest absolute Gasteiger partial charge is 0.394 e. The molecule has 0 spiro atoms. The van der Waals surface area contributed by atoms with Crippen LogP contribution in [0.1, 0.15) is 25.3 Å². The monoisotopic (exact) mass is 253 g/mol. The average Bonchev–Trinajstić information content (AvgIpc) is 3.20.